The average Bonchev–Trinajstić information content (AvgIpc) is 2.64. The maximum atomic E-state index is 12.2. The standard InChI is InChI=1S/C10H16N4O/c1-14-8(7-12-13-14)9(15)10(11)5-3-2-4-6-10/h7H,2-6,11H2,1H3. The maximum Gasteiger partial charge on any atom is 0.202 e. The Morgan fingerprint density at radius 3 is 2.67 bits per heavy atom. The third-order valence-electron chi connectivity index (χ3n) is 3.15. The smallest absolute Gasteiger partial charge is 0.202 e. The van der Waals surface area contributed by atoms with Crippen LogP contribution in [0, 0.1) is 0 Å². The van der Waals surface area contributed by atoms with Gasteiger partial charge in [0.2, 0.25) is 5.78 Å². The van der Waals surface area contributed by atoms with Gasteiger partial charge in [0.25, 0.3) is 0 Å². The van der Waals surface area contributed by atoms with E-state index in [1.165, 1.54) is 17.3 Å². The zero-order chi connectivity index (χ0) is 10.9. The van der Waals surface area contributed by atoms with Crippen LogP contribution in [0.2, 0.25) is 0 Å². The largest absolute Gasteiger partial charge is 0.319 e. The van der Waals surface area contributed by atoms with Gasteiger partial charge in [-0.2, -0.15) is 0 Å². The van der Waals surface area contributed by atoms with Crippen LogP contribution in [0.25, 0.3) is 0 Å². The molecule has 0 aliphatic heterocycles. The van der Waals surface area contributed by atoms with Gasteiger partial charge in [-0.3, -0.25) is 4.79 Å². The van der Waals surface area contributed by atoms with Crippen LogP contribution in [0.15, 0.2) is 6.20 Å². The molecule has 1 aliphatic carbocycles. The third-order valence-corrected chi connectivity index (χ3v) is 3.15. The van der Waals surface area contributed by atoms with E-state index in [9.17, 15) is 4.79 Å². The topological polar surface area (TPSA) is 73.8 Å². The molecule has 0 saturated heterocycles. The Balaban J connectivity index is 2.23. The van der Waals surface area contributed by atoms with Crippen LogP contribution in [0.4, 0.5) is 0 Å². The van der Waals surface area contributed by atoms with Crippen molar-refractivity contribution in [1.82, 2.24) is 15.0 Å². The molecular weight excluding hydrogens is 192 g/mol. The van der Waals surface area contributed by atoms with Gasteiger partial charge in [0.15, 0.2) is 0 Å². The van der Waals surface area contributed by atoms with Crippen LogP contribution >= 0.6 is 0 Å². The van der Waals surface area contributed by atoms with Gasteiger partial charge in [-0.25, -0.2) is 4.68 Å². The Morgan fingerprint density at radius 1 is 1.47 bits per heavy atom. The number of carbonyl (C=O) groups is 1. The molecule has 82 valence electrons. The summed E-state index contributed by atoms with van der Waals surface area (Å²) in [7, 11) is 1.71. The van der Waals surface area contributed by atoms with E-state index in [0.717, 1.165) is 25.7 Å². The number of aromatic nitrogens is 3. The Kier molecular flexibility index (Phi) is 2.56. The van der Waals surface area contributed by atoms with Crippen molar-refractivity contribution < 1.29 is 4.79 Å². The van der Waals surface area contributed by atoms with Crippen LogP contribution in [-0.4, -0.2) is 26.3 Å². The maximum absolute atomic E-state index is 12.2. The van der Waals surface area contributed by atoms with Gasteiger partial charge < -0.3 is 5.73 Å². The molecule has 1 aromatic rings. The fourth-order valence-electron chi connectivity index (χ4n) is 2.16. The summed E-state index contributed by atoms with van der Waals surface area (Å²) in [5.41, 5.74) is 5.97. The lowest BCUT2D eigenvalue weighted by Gasteiger charge is -2.31. The van der Waals surface area contributed by atoms with E-state index in [0.29, 0.717) is 5.69 Å². The normalized spacial score (nSPS) is 20.1. The van der Waals surface area contributed by atoms with Gasteiger partial charge in [0, 0.05) is 7.05 Å². The summed E-state index contributed by atoms with van der Waals surface area (Å²) in [5, 5.41) is 7.46. The first kappa shape index (κ1) is 10.3. The summed E-state index contributed by atoms with van der Waals surface area (Å²) >= 11 is 0. The Labute approximate surface area is 88.6 Å². The zero-order valence-corrected chi connectivity index (χ0v) is 8.94. The SMILES string of the molecule is Cn1nncc1C(=O)C1(N)CCCCC1. The highest BCUT2D eigenvalue weighted by atomic mass is 16.1. The van der Waals surface area contributed by atoms with Crippen molar-refractivity contribution in [2.45, 2.75) is 37.6 Å². The van der Waals surface area contributed by atoms with Crippen molar-refractivity contribution in [3.63, 3.8) is 0 Å². The predicted octanol–water partition coefficient (Wildman–Crippen LogP) is 0.659. The molecule has 0 bridgehead atoms. The van der Waals surface area contributed by atoms with E-state index in [2.05, 4.69) is 10.3 Å². The van der Waals surface area contributed by atoms with Crippen molar-refractivity contribution in [1.29, 1.82) is 0 Å². The summed E-state index contributed by atoms with van der Waals surface area (Å²) in [5.74, 6) is -0.0188. The number of aryl methyl sites for hydroxylation is 1. The Hall–Kier alpha value is -1.23. The van der Waals surface area contributed by atoms with Crippen molar-refractivity contribution in [3.8, 4) is 0 Å². The van der Waals surface area contributed by atoms with Gasteiger partial charge in [-0.05, 0) is 12.8 Å². The number of nitrogens with zero attached hydrogens (tertiary/aromatic N) is 3. The first-order valence-corrected chi connectivity index (χ1v) is 5.32. The fraction of sp³-hybridized carbons (Fsp3) is 0.700. The lowest BCUT2D eigenvalue weighted by atomic mass is 9.78. The highest BCUT2D eigenvalue weighted by molar-refractivity contribution is 6.01. The highest BCUT2D eigenvalue weighted by Crippen LogP contribution is 2.28. The molecule has 15 heavy (non-hydrogen) atoms. The Bertz CT molecular complexity index is 365. The van der Waals surface area contributed by atoms with Crippen molar-refractivity contribution in [2.24, 2.45) is 12.8 Å². The molecule has 1 fully saturated rings. The molecule has 0 aromatic carbocycles. The Morgan fingerprint density at radius 2 is 2.13 bits per heavy atom. The van der Waals surface area contributed by atoms with Gasteiger partial charge in [0.05, 0.1) is 11.7 Å². The van der Waals surface area contributed by atoms with Crippen LogP contribution in [0.3, 0.4) is 0 Å². The van der Waals surface area contributed by atoms with Crippen molar-refractivity contribution in [2.75, 3.05) is 0 Å². The lowest BCUT2D eigenvalue weighted by Crippen LogP contribution is -2.49. The molecule has 1 saturated carbocycles. The predicted molar refractivity (Wildman–Crippen MR) is 55.3 cm³/mol. The molecule has 1 aliphatic rings. The van der Waals surface area contributed by atoms with E-state index in [1.807, 2.05) is 0 Å². The quantitative estimate of drug-likeness (QED) is 0.724. The summed E-state index contributed by atoms with van der Waals surface area (Å²) in [6, 6.07) is 0. The molecule has 0 atom stereocenters. The summed E-state index contributed by atoms with van der Waals surface area (Å²) in [6.45, 7) is 0. The van der Waals surface area contributed by atoms with E-state index >= 15 is 0 Å². The third kappa shape index (κ3) is 1.79. The summed E-state index contributed by atoms with van der Waals surface area (Å²) in [4.78, 5) is 12.2. The van der Waals surface area contributed by atoms with Gasteiger partial charge in [0.1, 0.15) is 5.69 Å². The van der Waals surface area contributed by atoms with Crippen LogP contribution in [0.5, 0.6) is 0 Å². The van der Waals surface area contributed by atoms with Crippen molar-refractivity contribution >= 4 is 5.78 Å². The number of hydrogen-bond donors (Lipinski definition) is 1. The molecule has 0 unspecified atom stereocenters. The summed E-state index contributed by atoms with van der Waals surface area (Å²) in [6.07, 6.45) is 6.29. The minimum atomic E-state index is -0.687. The number of rotatable bonds is 2. The number of ketones is 1. The van der Waals surface area contributed by atoms with Gasteiger partial charge >= 0.3 is 0 Å². The number of carbonyl (C=O) groups excluding carboxylic acids is 1. The minimum Gasteiger partial charge on any atom is -0.319 e. The van der Waals surface area contributed by atoms with E-state index in [1.54, 1.807) is 7.05 Å². The number of Topliss-reactive ketones (excluding diaryl/α,β-unsaturated/α-hetero) is 1. The van der Waals surface area contributed by atoms with E-state index in [4.69, 9.17) is 5.73 Å². The molecule has 0 radical (unpaired) electrons. The van der Waals surface area contributed by atoms with Gasteiger partial charge in [-0.1, -0.05) is 24.5 Å². The second-order valence-electron chi connectivity index (χ2n) is 4.29. The second kappa shape index (κ2) is 3.73. The average molecular weight is 208 g/mol. The molecule has 0 amide bonds. The number of nitrogens with two attached hydrogens (primary N) is 1. The highest BCUT2D eigenvalue weighted by Gasteiger charge is 2.37. The molecule has 2 rings (SSSR count). The van der Waals surface area contributed by atoms with Crippen LogP contribution in [-0.2, 0) is 7.05 Å². The van der Waals surface area contributed by atoms with Crippen LogP contribution in [0.1, 0.15) is 42.6 Å². The van der Waals surface area contributed by atoms with Gasteiger partial charge in [-0.15, -0.1) is 5.10 Å². The molecule has 5 heteroatoms. The first-order chi connectivity index (χ1) is 7.13. The lowest BCUT2D eigenvalue weighted by molar-refractivity contribution is 0.0838. The first-order valence-electron chi connectivity index (χ1n) is 5.32. The van der Waals surface area contributed by atoms with Crippen molar-refractivity contribution in [3.05, 3.63) is 11.9 Å². The fourth-order valence-corrected chi connectivity index (χ4v) is 2.16. The molecule has 1 heterocycles. The zero-order valence-electron chi connectivity index (χ0n) is 8.94. The molecular formula is C10H16N4O. The minimum absolute atomic E-state index is 0.0188. The molecule has 5 nitrogen and oxygen atoms in total. The second-order valence-corrected chi connectivity index (χ2v) is 4.29. The molecule has 1 aromatic heterocycles. The molecule has 2 N–H and O–H groups in total. The van der Waals surface area contributed by atoms with E-state index in [-0.39, 0.29) is 5.78 Å². The summed E-state index contributed by atoms with van der Waals surface area (Å²) < 4.78 is 1.49. The van der Waals surface area contributed by atoms with Crippen LogP contribution < -0.4 is 5.73 Å². The van der Waals surface area contributed by atoms with E-state index < -0.39 is 5.54 Å². The number of hydrogen-bond acceptors (Lipinski definition) is 4. The molecule has 0 spiro atoms. The monoisotopic (exact) mass is 208 g/mol.